The molecule has 0 aliphatic heterocycles. The van der Waals surface area contributed by atoms with Gasteiger partial charge < -0.3 is 0 Å². The second-order valence-electron chi connectivity index (χ2n) is 2.19. The Kier molecular flexibility index (Phi) is 3.32. The monoisotopic (exact) mass is 200 g/mol. The Morgan fingerprint density at radius 3 is 2.75 bits per heavy atom. The molecule has 62 valence electrons. The summed E-state index contributed by atoms with van der Waals surface area (Å²) in [6.45, 7) is 0. The van der Waals surface area contributed by atoms with Gasteiger partial charge >= 0.3 is 0 Å². The molecule has 0 unspecified atom stereocenters. The van der Waals surface area contributed by atoms with E-state index in [1.807, 2.05) is 6.07 Å². The van der Waals surface area contributed by atoms with Gasteiger partial charge in [0, 0.05) is 5.02 Å². The number of carbonyl (C=O) groups excluding carboxylic acids is 1. The van der Waals surface area contributed by atoms with Gasteiger partial charge in [-0.05, 0) is 35.4 Å². The molecule has 0 heterocycles. The minimum atomic E-state index is -0.491. The van der Waals surface area contributed by atoms with Crippen molar-refractivity contribution >= 4 is 34.5 Å². The number of hydrogen-bond acceptors (Lipinski definition) is 1. The van der Waals surface area contributed by atoms with Gasteiger partial charge in [-0.25, -0.2) is 0 Å². The van der Waals surface area contributed by atoms with E-state index in [0.29, 0.717) is 5.02 Å². The Bertz CT molecular complexity index is 318. The molecule has 12 heavy (non-hydrogen) atoms. The van der Waals surface area contributed by atoms with Crippen LogP contribution in [0.15, 0.2) is 30.3 Å². The van der Waals surface area contributed by atoms with Gasteiger partial charge in [0.05, 0.1) is 0 Å². The SMILES string of the molecule is O=C(Cl)/C=C/c1cccc(Cl)c1. The smallest absolute Gasteiger partial charge is 0.245 e. The third-order valence-electron chi connectivity index (χ3n) is 1.26. The summed E-state index contributed by atoms with van der Waals surface area (Å²) in [6, 6.07) is 7.15. The fraction of sp³-hybridized carbons (Fsp3) is 0. The molecular weight excluding hydrogens is 195 g/mol. The summed E-state index contributed by atoms with van der Waals surface area (Å²) in [5, 5.41) is 0.147. The number of allylic oxidation sites excluding steroid dienone is 1. The Hall–Kier alpha value is -0.790. The third kappa shape index (κ3) is 3.07. The molecule has 0 bridgehead atoms. The van der Waals surface area contributed by atoms with Gasteiger partial charge in [-0.3, -0.25) is 4.79 Å². The van der Waals surface area contributed by atoms with Gasteiger partial charge in [-0.1, -0.05) is 29.8 Å². The van der Waals surface area contributed by atoms with Gasteiger partial charge in [0.1, 0.15) is 0 Å². The minimum absolute atomic E-state index is 0.491. The molecule has 0 spiro atoms. The zero-order chi connectivity index (χ0) is 8.97. The van der Waals surface area contributed by atoms with Gasteiger partial charge in [0.2, 0.25) is 5.24 Å². The maximum absolute atomic E-state index is 10.3. The average molecular weight is 201 g/mol. The van der Waals surface area contributed by atoms with Crippen molar-refractivity contribution in [2.24, 2.45) is 0 Å². The molecule has 0 aromatic heterocycles. The maximum atomic E-state index is 10.3. The molecule has 0 atom stereocenters. The van der Waals surface area contributed by atoms with Crippen molar-refractivity contribution in [2.75, 3.05) is 0 Å². The first kappa shape index (κ1) is 9.30. The Morgan fingerprint density at radius 1 is 1.42 bits per heavy atom. The molecule has 3 heteroatoms. The first-order valence-corrected chi connectivity index (χ1v) is 4.07. The lowest BCUT2D eigenvalue weighted by Gasteiger charge is -1.91. The number of hydrogen-bond donors (Lipinski definition) is 0. The summed E-state index contributed by atoms with van der Waals surface area (Å²) < 4.78 is 0. The summed E-state index contributed by atoms with van der Waals surface area (Å²) in [6.07, 6.45) is 2.90. The van der Waals surface area contributed by atoms with Gasteiger partial charge in [-0.15, -0.1) is 0 Å². The average Bonchev–Trinajstić information content (AvgIpc) is 2.01. The standard InChI is InChI=1S/C9H6Cl2O/c10-8-3-1-2-7(6-8)4-5-9(11)12/h1-6H/b5-4+. The maximum Gasteiger partial charge on any atom is 0.245 e. The number of rotatable bonds is 2. The first-order chi connectivity index (χ1) is 5.68. The van der Waals surface area contributed by atoms with E-state index in [2.05, 4.69) is 0 Å². The van der Waals surface area contributed by atoms with Crippen LogP contribution in [0, 0.1) is 0 Å². The van der Waals surface area contributed by atoms with Crippen LogP contribution in [0.4, 0.5) is 0 Å². The van der Waals surface area contributed by atoms with E-state index in [1.165, 1.54) is 6.08 Å². The van der Waals surface area contributed by atoms with E-state index >= 15 is 0 Å². The summed E-state index contributed by atoms with van der Waals surface area (Å²) in [4.78, 5) is 10.3. The van der Waals surface area contributed by atoms with Crippen LogP contribution < -0.4 is 0 Å². The molecule has 0 radical (unpaired) electrons. The van der Waals surface area contributed by atoms with Crippen molar-refractivity contribution in [2.45, 2.75) is 0 Å². The summed E-state index contributed by atoms with van der Waals surface area (Å²) in [5.41, 5.74) is 0.858. The zero-order valence-electron chi connectivity index (χ0n) is 6.13. The van der Waals surface area contributed by atoms with E-state index in [0.717, 1.165) is 5.56 Å². The quantitative estimate of drug-likeness (QED) is 0.530. The van der Waals surface area contributed by atoms with Gasteiger partial charge in [0.25, 0.3) is 0 Å². The van der Waals surface area contributed by atoms with Crippen LogP contribution in [-0.4, -0.2) is 5.24 Å². The lowest BCUT2D eigenvalue weighted by atomic mass is 10.2. The molecule has 1 aromatic rings. The summed E-state index contributed by atoms with van der Waals surface area (Å²) in [5.74, 6) is 0. The van der Waals surface area contributed by atoms with Crippen LogP contribution in [0.2, 0.25) is 5.02 Å². The highest BCUT2D eigenvalue weighted by Crippen LogP contribution is 2.11. The highest BCUT2D eigenvalue weighted by atomic mass is 35.5. The lowest BCUT2D eigenvalue weighted by molar-refractivity contribution is -0.107. The van der Waals surface area contributed by atoms with E-state index in [9.17, 15) is 4.79 Å². The normalized spacial score (nSPS) is 10.5. The Labute approximate surface area is 80.6 Å². The van der Waals surface area contributed by atoms with Crippen molar-refractivity contribution in [1.82, 2.24) is 0 Å². The molecule has 0 saturated carbocycles. The fourth-order valence-electron chi connectivity index (χ4n) is 0.772. The van der Waals surface area contributed by atoms with Crippen LogP contribution >= 0.6 is 23.2 Å². The van der Waals surface area contributed by atoms with Crippen molar-refractivity contribution in [1.29, 1.82) is 0 Å². The molecule has 1 aromatic carbocycles. The van der Waals surface area contributed by atoms with E-state index in [4.69, 9.17) is 23.2 Å². The summed E-state index contributed by atoms with van der Waals surface area (Å²) in [7, 11) is 0. The van der Waals surface area contributed by atoms with Crippen LogP contribution in [0.25, 0.3) is 6.08 Å². The molecule has 0 aliphatic carbocycles. The molecule has 0 saturated heterocycles. The fourth-order valence-corrected chi connectivity index (χ4v) is 1.03. The molecule has 0 amide bonds. The van der Waals surface area contributed by atoms with E-state index < -0.39 is 5.24 Å². The van der Waals surface area contributed by atoms with Crippen LogP contribution in [-0.2, 0) is 4.79 Å². The predicted octanol–water partition coefficient (Wildman–Crippen LogP) is 3.12. The topological polar surface area (TPSA) is 17.1 Å². The van der Waals surface area contributed by atoms with Gasteiger partial charge in [-0.2, -0.15) is 0 Å². The van der Waals surface area contributed by atoms with E-state index in [-0.39, 0.29) is 0 Å². The van der Waals surface area contributed by atoms with Crippen molar-refractivity contribution in [3.63, 3.8) is 0 Å². The number of halogens is 2. The molecule has 0 fully saturated rings. The highest BCUT2D eigenvalue weighted by molar-refractivity contribution is 6.66. The van der Waals surface area contributed by atoms with Crippen LogP contribution in [0.3, 0.4) is 0 Å². The van der Waals surface area contributed by atoms with Crippen LogP contribution in [0.5, 0.6) is 0 Å². The first-order valence-electron chi connectivity index (χ1n) is 3.31. The molecule has 0 N–H and O–H groups in total. The molecular formula is C9H6Cl2O. The molecule has 0 aliphatic rings. The minimum Gasteiger partial charge on any atom is -0.276 e. The Balaban J connectivity index is 2.83. The number of carbonyl (C=O) groups is 1. The second kappa shape index (κ2) is 4.29. The largest absolute Gasteiger partial charge is 0.276 e. The highest BCUT2D eigenvalue weighted by Gasteiger charge is 1.90. The molecule has 1 rings (SSSR count). The Morgan fingerprint density at radius 2 is 2.17 bits per heavy atom. The van der Waals surface area contributed by atoms with Gasteiger partial charge in [0.15, 0.2) is 0 Å². The van der Waals surface area contributed by atoms with Crippen LogP contribution in [0.1, 0.15) is 5.56 Å². The zero-order valence-corrected chi connectivity index (χ0v) is 7.64. The van der Waals surface area contributed by atoms with Crippen molar-refractivity contribution in [3.05, 3.63) is 40.9 Å². The molecule has 1 nitrogen and oxygen atoms in total. The van der Waals surface area contributed by atoms with Crippen molar-refractivity contribution in [3.8, 4) is 0 Å². The third-order valence-corrected chi connectivity index (χ3v) is 1.62. The summed E-state index contributed by atoms with van der Waals surface area (Å²) >= 11 is 10.8. The number of benzene rings is 1. The van der Waals surface area contributed by atoms with E-state index in [1.54, 1.807) is 24.3 Å². The predicted molar refractivity (Wildman–Crippen MR) is 51.3 cm³/mol. The second-order valence-corrected chi connectivity index (χ2v) is 3.00. The lowest BCUT2D eigenvalue weighted by Crippen LogP contribution is -1.76. The van der Waals surface area contributed by atoms with Crippen molar-refractivity contribution < 1.29 is 4.79 Å².